The van der Waals surface area contributed by atoms with Crippen molar-refractivity contribution in [2.45, 2.75) is 26.3 Å². The van der Waals surface area contributed by atoms with Gasteiger partial charge in [0, 0.05) is 27.9 Å². The first-order valence-electron chi connectivity index (χ1n) is 6.69. The van der Waals surface area contributed by atoms with Crippen molar-refractivity contribution in [2.24, 2.45) is 0 Å². The number of halogens is 2. The average molecular weight is 354 g/mol. The molecule has 0 radical (unpaired) electrons. The van der Waals surface area contributed by atoms with Crippen LogP contribution in [0.3, 0.4) is 0 Å². The monoisotopic (exact) mass is 352 g/mol. The molecule has 2 nitrogen and oxygen atoms in total. The van der Waals surface area contributed by atoms with Gasteiger partial charge < -0.3 is 5.32 Å². The van der Waals surface area contributed by atoms with Crippen LogP contribution in [0.2, 0.25) is 5.02 Å². The number of pyridine rings is 1. The lowest BCUT2D eigenvalue weighted by Crippen LogP contribution is -2.23. The molecule has 0 saturated carbocycles. The number of aromatic nitrogens is 1. The molecule has 0 bridgehead atoms. The summed E-state index contributed by atoms with van der Waals surface area (Å²) < 4.78 is 0.993. The molecule has 0 amide bonds. The molecule has 0 saturated heterocycles. The van der Waals surface area contributed by atoms with Crippen molar-refractivity contribution >= 4 is 27.5 Å². The molecule has 0 fully saturated rings. The third-order valence-corrected chi connectivity index (χ3v) is 4.00. The van der Waals surface area contributed by atoms with E-state index in [0.717, 1.165) is 33.6 Å². The van der Waals surface area contributed by atoms with Crippen molar-refractivity contribution in [3.63, 3.8) is 0 Å². The van der Waals surface area contributed by atoms with Crippen LogP contribution in [0.5, 0.6) is 0 Å². The van der Waals surface area contributed by atoms with Gasteiger partial charge in [-0.05, 0) is 64.6 Å². The Kier molecular flexibility index (Phi) is 5.58. The van der Waals surface area contributed by atoms with E-state index in [1.165, 1.54) is 5.56 Å². The summed E-state index contributed by atoms with van der Waals surface area (Å²) in [7, 11) is 0. The first kappa shape index (κ1) is 15.5. The van der Waals surface area contributed by atoms with Crippen LogP contribution in [-0.4, -0.2) is 11.5 Å². The fourth-order valence-electron chi connectivity index (χ4n) is 2.21. The van der Waals surface area contributed by atoms with Crippen LogP contribution in [0.15, 0.2) is 41.1 Å². The second-order valence-corrected chi connectivity index (χ2v) is 6.17. The lowest BCUT2D eigenvalue weighted by atomic mass is 9.99. The van der Waals surface area contributed by atoms with Gasteiger partial charge in [0.25, 0.3) is 0 Å². The van der Waals surface area contributed by atoms with E-state index in [2.05, 4.69) is 58.3 Å². The van der Waals surface area contributed by atoms with Crippen LogP contribution in [0, 0.1) is 6.92 Å². The predicted octanol–water partition coefficient (Wildman–Crippen LogP) is 4.70. The van der Waals surface area contributed by atoms with Crippen molar-refractivity contribution in [3.8, 4) is 0 Å². The molecule has 1 heterocycles. The average Bonchev–Trinajstić information content (AvgIpc) is 2.41. The van der Waals surface area contributed by atoms with Crippen LogP contribution in [0.1, 0.15) is 29.7 Å². The van der Waals surface area contributed by atoms with E-state index < -0.39 is 0 Å². The molecule has 0 aliphatic carbocycles. The molecular formula is C16H18BrClN2. The van der Waals surface area contributed by atoms with Crippen molar-refractivity contribution in [3.05, 3.63) is 62.8 Å². The fourth-order valence-corrected chi connectivity index (χ4v) is 2.91. The van der Waals surface area contributed by atoms with Gasteiger partial charge in [-0.2, -0.15) is 0 Å². The Morgan fingerprint density at radius 2 is 2.10 bits per heavy atom. The fraction of sp³-hybridized carbons (Fsp3) is 0.312. The Morgan fingerprint density at radius 3 is 2.75 bits per heavy atom. The largest absolute Gasteiger partial charge is 0.310 e. The van der Waals surface area contributed by atoms with E-state index in [1.54, 1.807) is 6.20 Å². The van der Waals surface area contributed by atoms with Gasteiger partial charge >= 0.3 is 0 Å². The van der Waals surface area contributed by atoms with Crippen LogP contribution in [-0.2, 0) is 6.42 Å². The van der Waals surface area contributed by atoms with Crippen molar-refractivity contribution < 1.29 is 0 Å². The third-order valence-electron chi connectivity index (χ3n) is 3.21. The van der Waals surface area contributed by atoms with Gasteiger partial charge in [0.2, 0.25) is 0 Å². The molecule has 2 rings (SSSR count). The molecule has 1 aromatic carbocycles. The van der Waals surface area contributed by atoms with Crippen molar-refractivity contribution in [2.75, 3.05) is 6.54 Å². The summed E-state index contributed by atoms with van der Waals surface area (Å²) in [5.41, 5.74) is 3.50. The summed E-state index contributed by atoms with van der Waals surface area (Å²) in [5, 5.41) is 4.33. The smallest absolute Gasteiger partial charge is 0.0441 e. The summed E-state index contributed by atoms with van der Waals surface area (Å²) in [5.74, 6) is 0. The molecule has 0 aliphatic heterocycles. The predicted molar refractivity (Wildman–Crippen MR) is 88.2 cm³/mol. The number of nitrogens with one attached hydrogen (secondary N) is 1. The number of likely N-dealkylation sites (N-methyl/N-ethyl adjacent to an activating group) is 1. The molecule has 1 N–H and O–H groups in total. The highest BCUT2D eigenvalue weighted by atomic mass is 79.9. The highest BCUT2D eigenvalue weighted by Crippen LogP contribution is 2.25. The van der Waals surface area contributed by atoms with Gasteiger partial charge in [0.1, 0.15) is 0 Å². The lowest BCUT2D eigenvalue weighted by molar-refractivity contribution is 0.548. The van der Waals surface area contributed by atoms with Gasteiger partial charge in [0.15, 0.2) is 0 Å². The minimum atomic E-state index is 0.213. The minimum Gasteiger partial charge on any atom is -0.310 e. The summed E-state index contributed by atoms with van der Waals surface area (Å²) >= 11 is 9.81. The minimum absolute atomic E-state index is 0.213. The summed E-state index contributed by atoms with van der Waals surface area (Å²) in [6.45, 7) is 5.06. The van der Waals surface area contributed by atoms with E-state index in [0.29, 0.717) is 0 Å². The third kappa shape index (κ3) is 4.05. The van der Waals surface area contributed by atoms with Gasteiger partial charge in [0.05, 0.1) is 0 Å². The molecule has 1 atom stereocenters. The number of benzene rings is 1. The zero-order chi connectivity index (χ0) is 14.5. The SMILES string of the molecule is CCNC(Cc1ccc(C)cc1Cl)c1cncc(Br)c1. The Hall–Kier alpha value is -0.900. The maximum Gasteiger partial charge on any atom is 0.0441 e. The Balaban J connectivity index is 2.25. The highest BCUT2D eigenvalue weighted by Gasteiger charge is 2.14. The standard InChI is InChI=1S/C16H18BrClN2/c1-3-20-16(13-7-14(17)10-19-9-13)8-12-5-4-11(2)6-15(12)18/h4-7,9-10,16,20H,3,8H2,1-2H3. The quantitative estimate of drug-likeness (QED) is 0.843. The van der Waals surface area contributed by atoms with E-state index >= 15 is 0 Å². The van der Waals surface area contributed by atoms with Crippen LogP contribution >= 0.6 is 27.5 Å². The lowest BCUT2D eigenvalue weighted by Gasteiger charge is -2.19. The second-order valence-electron chi connectivity index (χ2n) is 4.85. The van der Waals surface area contributed by atoms with Crippen LogP contribution in [0.25, 0.3) is 0 Å². The summed E-state index contributed by atoms with van der Waals surface area (Å²) in [4.78, 5) is 4.25. The Bertz CT molecular complexity index is 586. The summed E-state index contributed by atoms with van der Waals surface area (Å²) in [6.07, 6.45) is 4.55. The van der Waals surface area contributed by atoms with Crippen LogP contribution < -0.4 is 5.32 Å². The molecule has 0 spiro atoms. The topological polar surface area (TPSA) is 24.9 Å². The molecule has 1 unspecified atom stereocenters. The number of hydrogen-bond acceptors (Lipinski definition) is 2. The van der Waals surface area contributed by atoms with Gasteiger partial charge in [-0.1, -0.05) is 30.7 Å². The molecule has 0 aliphatic rings. The van der Waals surface area contributed by atoms with Gasteiger partial charge in [-0.15, -0.1) is 0 Å². The molecular weight excluding hydrogens is 336 g/mol. The summed E-state index contributed by atoms with van der Waals surface area (Å²) in [6, 6.07) is 8.53. The Labute approximate surface area is 133 Å². The van der Waals surface area contributed by atoms with E-state index in [9.17, 15) is 0 Å². The number of rotatable bonds is 5. The van der Waals surface area contributed by atoms with Gasteiger partial charge in [-0.3, -0.25) is 4.98 Å². The van der Waals surface area contributed by atoms with Crippen LogP contribution in [0.4, 0.5) is 0 Å². The molecule has 2 aromatic rings. The maximum atomic E-state index is 6.34. The molecule has 1 aromatic heterocycles. The number of nitrogens with zero attached hydrogens (tertiary/aromatic N) is 1. The van der Waals surface area contributed by atoms with Gasteiger partial charge in [-0.25, -0.2) is 0 Å². The maximum absolute atomic E-state index is 6.34. The van der Waals surface area contributed by atoms with E-state index in [1.807, 2.05) is 12.3 Å². The highest BCUT2D eigenvalue weighted by molar-refractivity contribution is 9.10. The normalized spacial score (nSPS) is 12.4. The number of hydrogen-bond donors (Lipinski definition) is 1. The zero-order valence-electron chi connectivity index (χ0n) is 11.7. The van der Waals surface area contributed by atoms with E-state index in [-0.39, 0.29) is 6.04 Å². The van der Waals surface area contributed by atoms with E-state index in [4.69, 9.17) is 11.6 Å². The first-order valence-corrected chi connectivity index (χ1v) is 7.86. The molecule has 20 heavy (non-hydrogen) atoms. The number of aryl methyl sites for hydroxylation is 1. The van der Waals surface area contributed by atoms with Crippen molar-refractivity contribution in [1.29, 1.82) is 0 Å². The van der Waals surface area contributed by atoms with Crippen molar-refractivity contribution in [1.82, 2.24) is 10.3 Å². The second kappa shape index (κ2) is 7.21. The molecule has 106 valence electrons. The zero-order valence-corrected chi connectivity index (χ0v) is 14.0. The molecule has 4 heteroatoms. The Morgan fingerprint density at radius 1 is 1.30 bits per heavy atom. The first-order chi connectivity index (χ1) is 9.60.